The number of hydrogen-bond donors (Lipinski definition) is 1. The highest BCUT2D eigenvalue weighted by Crippen LogP contribution is 2.10. The van der Waals surface area contributed by atoms with Gasteiger partial charge in [-0.3, -0.25) is 9.63 Å². The second-order valence-corrected chi connectivity index (χ2v) is 2.88. The third kappa shape index (κ3) is 3.98. The largest absolute Gasteiger partial charge is 0.484 e. The smallest absolute Gasteiger partial charge is 0.281 e. The molecule has 0 radical (unpaired) electrons. The lowest BCUT2D eigenvalue weighted by atomic mass is 10.2. The Morgan fingerprint density at radius 1 is 1.44 bits per heavy atom. The number of ether oxygens (including phenoxy) is 1. The standard InChI is InChI=1S/C11H12N2O3/c1-2-16-13-11(14)8-15-10-5-3-9(7-12)4-6-10/h3-6H,2,8H2,1H3,(H,13,14). The van der Waals surface area contributed by atoms with Crippen LogP contribution in [0, 0.1) is 11.3 Å². The van der Waals surface area contributed by atoms with Gasteiger partial charge in [0.25, 0.3) is 5.91 Å². The molecule has 1 aromatic rings. The molecule has 1 N–H and O–H groups in total. The number of carbonyl (C=O) groups excluding carboxylic acids is 1. The molecule has 0 saturated heterocycles. The minimum absolute atomic E-state index is 0.119. The van der Waals surface area contributed by atoms with Crippen LogP contribution >= 0.6 is 0 Å². The van der Waals surface area contributed by atoms with Crippen molar-refractivity contribution in [1.29, 1.82) is 5.26 Å². The first-order chi connectivity index (χ1) is 7.76. The highest BCUT2D eigenvalue weighted by molar-refractivity contribution is 5.76. The van der Waals surface area contributed by atoms with Crippen LogP contribution in [0.4, 0.5) is 0 Å². The number of rotatable bonds is 5. The predicted octanol–water partition coefficient (Wildman–Crippen LogP) is 1.00. The Kier molecular flexibility index (Phi) is 4.83. The number of nitriles is 1. The number of hydroxylamine groups is 1. The van der Waals surface area contributed by atoms with Crippen molar-refractivity contribution in [1.82, 2.24) is 5.48 Å². The van der Waals surface area contributed by atoms with Gasteiger partial charge in [-0.25, -0.2) is 5.48 Å². The summed E-state index contributed by atoms with van der Waals surface area (Å²) in [5.74, 6) is 0.178. The molecule has 0 saturated carbocycles. The van der Waals surface area contributed by atoms with Gasteiger partial charge in [0.1, 0.15) is 5.75 Å². The van der Waals surface area contributed by atoms with Crippen molar-refractivity contribution in [2.75, 3.05) is 13.2 Å². The van der Waals surface area contributed by atoms with Gasteiger partial charge in [-0.05, 0) is 31.2 Å². The van der Waals surface area contributed by atoms with Gasteiger partial charge < -0.3 is 4.74 Å². The van der Waals surface area contributed by atoms with E-state index < -0.39 is 0 Å². The maximum atomic E-state index is 11.1. The van der Waals surface area contributed by atoms with Crippen molar-refractivity contribution >= 4 is 5.91 Å². The third-order valence-electron chi connectivity index (χ3n) is 1.68. The molecule has 0 aliphatic carbocycles. The molecule has 0 spiro atoms. The second-order valence-electron chi connectivity index (χ2n) is 2.88. The Morgan fingerprint density at radius 2 is 2.12 bits per heavy atom. The van der Waals surface area contributed by atoms with Crippen molar-refractivity contribution in [2.45, 2.75) is 6.92 Å². The van der Waals surface area contributed by atoms with E-state index in [-0.39, 0.29) is 12.5 Å². The van der Waals surface area contributed by atoms with E-state index in [9.17, 15) is 4.79 Å². The lowest BCUT2D eigenvalue weighted by Gasteiger charge is -2.06. The van der Waals surface area contributed by atoms with Crippen molar-refractivity contribution in [3.05, 3.63) is 29.8 Å². The number of nitrogens with zero attached hydrogens (tertiary/aromatic N) is 1. The Balaban J connectivity index is 2.37. The zero-order valence-electron chi connectivity index (χ0n) is 8.90. The highest BCUT2D eigenvalue weighted by atomic mass is 16.7. The first-order valence-electron chi connectivity index (χ1n) is 4.80. The van der Waals surface area contributed by atoms with Crippen molar-refractivity contribution in [2.24, 2.45) is 0 Å². The van der Waals surface area contributed by atoms with Crippen LogP contribution in [0.2, 0.25) is 0 Å². The minimum Gasteiger partial charge on any atom is -0.484 e. The van der Waals surface area contributed by atoms with Crippen LogP contribution in [0.1, 0.15) is 12.5 Å². The lowest BCUT2D eigenvalue weighted by Crippen LogP contribution is -2.28. The summed E-state index contributed by atoms with van der Waals surface area (Å²) in [6, 6.07) is 8.50. The molecule has 5 nitrogen and oxygen atoms in total. The molecule has 84 valence electrons. The summed E-state index contributed by atoms with van der Waals surface area (Å²) >= 11 is 0. The lowest BCUT2D eigenvalue weighted by molar-refractivity contribution is -0.135. The fourth-order valence-electron chi connectivity index (χ4n) is 0.957. The van der Waals surface area contributed by atoms with Crippen LogP contribution in [-0.2, 0) is 9.63 Å². The molecule has 0 unspecified atom stereocenters. The van der Waals surface area contributed by atoms with Gasteiger partial charge in [-0.2, -0.15) is 5.26 Å². The van der Waals surface area contributed by atoms with Crippen LogP contribution in [0.3, 0.4) is 0 Å². The summed E-state index contributed by atoms with van der Waals surface area (Å²) in [5, 5.41) is 8.57. The maximum Gasteiger partial charge on any atom is 0.281 e. The SMILES string of the molecule is CCONC(=O)COc1ccc(C#N)cc1. The van der Waals surface area contributed by atoms with Gasteiger partial charge in [-0.15, -0.1) is 0 Å². The molecular weight excluding hydrogens is 208 g/mol. The number of benzene rings is 1. The summed E-state index contributed by atoms with van der Waals surface area (Å²) < 4.78 is 5.16. The summed E-state index contributed by atoms with van der Waals surface area (Å²) in [7, 11) is 0. The van der Waals surface area contributed by atoms with E-state index in [0.717, 1.165) is 0 Å². The first kappa shape index (κ1) is 12.0. The monoisotopic (exact) mass is 220 g/mol. The molecule has 1 rings (SSSR count). The van der Waals surface area contributed by atoms with Crippen LogP contribution in [0.5, 0.6) is 5.75 Å². The molecule has 0 aliphatic rings. The van der Waals surface area contributed by atoms with Gasteiger partial charge in [0.15, 0.2) is 6.61 Å². The van der Waals surface area contributed by atoms with E-state index in [1.165, 1.54) is 0 Å². The normalized spacial score (nSPS) is 9.25. The Hall–Kier alpha value is -2.06. The molecule has 0 aromatic heterocycles. The molecular formula is C11H12N2O3. The van der Waals surface area contributed by atoms with Crippen LogP contribution in [-0.4, -0.2) is 19.1 Å². The Bertz CT molecular complexity index is 381. The molecule has 0 aliphatic heterocycles. The second kappa shape index (κ2) is 6.43. The molecule has 0 heterocycles. The van der Waals surface area contributed by atoms with E-state index in [4.69, 9.17) is 14.8 Å². The molecule has 16 heavy (non-hydrogen) atoms. The van der Waals surface area contributed by atoms with Gasteiger partial charge in [0.2, 0.25) is 0 Å². The van der Waals surface area contributed by atoms with Crippen LogP contribution < -0.4 is 10.2 Å². The minimum atomic E-state index is -0.355. The summed E-state index contributed by atoms with van der Waals surface area (Å²) in [6.07, 6.45) is 0. The van der Waals surface area contributed by atoms with Crippen LogP contribution in [0.15, 0.2) is 24.3 Å². The number of hydrogen-bond acceptors (Lipinski definition) is 4. The van der Waals surface area contributed by atoms with Crippen molar-refractivity contribution < 1.29 is 14.4 Å². The van der Waals surface area contributed by atoms with Gasteiger partial charge in [0, 0.05) is 0 Å². The molecule has 5 heteroatoms. The van der Waals surface area contributed by atoms with Gasteiger partial charge >= 0.3 is 0 Å². The van der Waals surface area contributed by atoms with Gasteiger partial charge in [-0.1, -0.05) is 0 Å². The average molecular weight is 220 g/mol. The number of carbonyl (C=O) groups is 1. The summed E-state index contributed by atoms with van der Waals surface area (Å²) in [4.78, 5) is 15.8. The fraction of sp³-hybridized carbons (Fsp3) is 0.273. The van der Waals surface area contributed by atoms with Gasteiger partial charge in [0.05, 0.1) is 18.2 Å². The van der Waals surface area contributed by atoms with E-state index in [1.54, 1.807) is 31.2 Å². The Labute approximate surface area is 93.5 Å². The molecule has 0 bridgehead atoms. The quantitative estimate of drug-likeness (QED) is 0.751. The van der Waals surface area contributed by atoms with E-state index in [2.05, 4.69) is 5.48 Å². The topological polar surface area (TPSA) is 71.3 Å². The van der Waals surface area contributed by atoms with E-state index in [1.807, 2.05) is 6.07 Å². The summed E-state index contributed by atoms with van der Waals surface area (Å²) in [6.45, 7) is 2.05. The van der Waals surface area contributed by atoms with Crippen LogP contribution in [0.25, 0.3) is 0 Å². The first-order valence-corrected chi connectivity index (χ1v) is 4.80. The predicted molar refractivity (Wildman–Crippen MR) is 56.4 cm³/mol. The van der Waals surface area contributed by atoms with Crippen molar-refractivity contribution in [3.8, 4) is 11.8 Å². The Morgan fingerprint density at radius 3 is 2.69 bits per heavy atom. The van der Waals surface area contributed by atoms with Crippen molar-refractivity contribution in [3.63, 3.8) is 0 Å². The zero-order valence-corrected chi connectivity index (χ0v) is 8.90. The third-order valence-corrected chi connectivity index (χ3v) is 1.68. The average Bonchev–Trinajstić information content (AvgIpc) is 2.34. The molecule has 0 fully saturated rings. The van der Waals surface area contributed by atoms with E-state index >= 15 is 0 Å². The van der Waals surface area contributed by atoms with E-state index in [0.29, 0.717) is 17.9 Å². The summed E-state index contributed by atoms with van der Waals surface area (Å²) in [5.41, 5.74) is 2.76. The molecule has 1 amide bonds. The number of amides is 1. The zero-order chi connectivity index (χ0) is 11.8. The molecule has 0 atom stereocenters. The maximum absolute atomic E-state index is 11.1. The highest BCUT2D eigenvalue weighted by Gasteiger charge is 2.01. The molecule has 1 aromatic carbocycles. The number of nitrogens with one attached hydrogen (secondary N) is 1. The fourth-order valence-corrected chi connectivity index (χ4v) is 0.957.